The molecule has 0 radical (unpaired) electrons. The molecule has 1 amide bonds. The predicted molar refractivity (Wildman–Crippen MR) is 150 cm³/mol. The van der Waals surface area contributed by atoms with Gasteiger partial charge in [0.1, 0.15) is 0 Å². The van der Waals surface area contributed by atoms with Crippen molar-refractivity contribution >= 4 is 39.1 Å². The zero-order chi connectivity index (χ0) is 28.0. The molecule has 1 aliphatic rings. The Morgan fingerprint density at radius 3 is 2.48 bits per heavy atom. The van der Waals surface area contributed by atoms with Crippen LogP contribution in [0.5, 0.6) is 17.2 Å². The van der Waals surface area contributed by atoms with Crippen molar-refractivity contribution in [1.29, 1.82) is 0 Å². The normalized spacial score (nSPS) is 15.3. The number of nitrogens with zero attached hydrogens (tertiary/aromatic N) is 1. The first-order valence-electron chi connectivity index (χ1n) is 12.7. The van der Waals surface area contributed by atoms with Gasteiger partial charge in [0.05, 0.1) is 31.0 Å². The minimum absolute atomic E-state index is 0.0533. The Morgan fingerprint density at radius 2 is 1.68 bits per heavy atom. The molecule has 1 aliphatic heterocycles. The number of carbonyl (C=O) groups is 2. The summed E-state index contributed by atoms with van der Waals surface area (Å²) in [6.45, 7) is 2.07. The van der Waals surface area contributed by atoms with Gasteiger partial charge in [0.15, 0.2) is 34.4 Å². The van der Waals surface area contributed by atoms with Gasteiger partial charge >= 0.3 is 0 Å². The summed E-state index contributed by atoms with van der Waals surface area (Å²) in [5.41, 5.74) is 1.20. The molecule has 40 heavy (non-hydrogen) atoms. The number of aliphatic hydroxyl groups is 1. The van der Waals surface area contributed by atoms with Crippen LogP contribution in [0.25, 0.3) is 21.7 Å². The predicted octanol–water partition coefficient (Wildman–Crippen LogP) is 6.48. The SMILES string of the molecule is CCOc1cc(C2C(C(=O)c3cc4cccc(OC)c4o3)=C(O)C(=O)N2c2cccc3ccccc23)ccc1O. The van der Waals surface area contributed by atoms with Crippen LogP contribution in [-0.4, -0.2) is 35.6 Å². The van der Waals surface area contributed by atoms with Crippen molar-refractivity contribution in [3.63, 3.8) is 0 Å². The molecule has 2 heterocycles. The highest BCUT2D eigenvalue weighted by atomic mass is 16.5. The Morgan fingerprint density at radius 1 is 0.925 bits per heavy atom. The molecule has 1 unspecified atom stereocenters. The number of hydrogen-bond acceptors (Lipinski definition) is 7. The highest BCUT2D eigenvalue weighted by molar-refractivity contribution is 6.22. The van der Waals surface area contributed by atoms with E-state index in [2.05, 4.69) is 0 Å². The first-order valence-corrected chi connectivity index (χ1v) is 12.7. The average Bonchev–Trinajstić information content (AvgIpc) is 3.53. The molecular weight excluding hydrogens is 510 g/mol. The third kappa shape index (κ3) is 3.92. The lowest BCUT2D eigenvalue weighted by Crippen LogP contribution is -2.31. The van der Waals surface area contributed by atoms with Gasteiger partial charge in [0.2, 0.25) is 5.78 Å². The summed E-state index contributed by atoms with van der Waals surface area (Å²) < 4.78 is 16.9. The minimum atomic E-state index is -1.04. The van der Waals surface area contributed by atoms with Crippen molar-refractivity contribution in [2.75, 3.05) is 18.6 Å². The second-order valence-corrected chi connectivity index (χ2v) is 9.32. The molecule has 4 aromatic carbocycles. The standard InChI is InChI=1S/C32H25NO7/c1-3-39-25-16-19(14-15-23(25)34)28-27(29(35)26-17-20-10-7-13-24(38-2)31(20)40-26)30(36)32(37)33(28)22-12-6-9-18-8-4-5-11-21(18)22/h4-17,28,34,36H,3H2,1-2H3. The largest absolute Gasteiger partial charge is 0.504 e. The van der Waals surface area contributed by atoms with Crippen LogP contribution in [0.4, 0.5) is 5.69 Å². The van der Waals surface area contributed by atoms with E-state index >= 15 is 0 Å². The number of anilines is 1. The first kappa shape index (κ1) is 25.1. The van der Waals surface area contributed by atoms with Gasteiger partial charge in [0.25, 0.3) is 5.91 Å². The molecule has 0 saturated heterocycles. The lowest BCUT2D eigenvalue weighted by molar-refractivity contribution is -0.117. The van der Waals surface area contributed by atoms with Crippen molar-refractivity contribution in [2.24, 2.45) is 0 Å². The Labute approximate surface area is 229 Å². The Kier molecular flexibility index (Phi) is 6.15. The summed E-state index contributed by atoms with van der Waals surface area (Å²) in [4.78, 5) is 29.2. The molecule has 0 fully saturated rings. The molecule has 8 nitrogen and oxygen atoms in total. The van der Waals surface area contributed by atoms with E-state index in [4.69, 9.17) is 13.9 Å². The Balaban J connectivity index is 1.56. The molecule has 1 atom stereocenters. The number of phenols is 1. The summed E-state index contributed by atoms with van der Waals surface area (Å²) in [5, 5.41) is 23.9. The van der Waals surface area contributed by atoms with Crippen molar-refractivity contribution in [1.82, 2.24) is 0 Å². The number of Topliss-reactive ketones (excluding diaryl/α,β-unsaturated/α-hetero) is 1. The van der Waals surface area contributed by atoms with E-state index in [0.29, 0.717) is 34.6 Å². The van der Waals surface area contributed by atoms with Gasteiger partial charge in [-0.3, -0.25) is 14.5 Å². The van der Waals surface area contributed by atoms with Crippen LogP contribution in [-0.2, 0) is 4.79 Å². The fourth-order valence-electron chi connectivity index (χ4n) is 5.23. The summed E-state index contributed by atoms with van der Waals surface area (Å²) in [5.74, 6) is -1.56. The highest BCUT2D eigenvalue weighted by Crippen LogP contribution is 2.46. The van der Waals surface area contributed by atoms with Crippen LogP contribution >= 0.6 is 0 Å². The first-order chi connectivity index (χ1) is 19.4. The maximum atomic E-state index is 14.1. The molecule has 8 heteroatoms. The molecule has 200 valence electrons. The number of aromatic hydroxyl groups is 1. The number of rotatable bonds is 7. The molecule has 0 bridgehead atoms. The topological polar surface area (TPSA) is 109 Å². The number of hydrogen-bond donors (Lipinski definition) is 2. The summed E-state index contributed by atoms with van der Waals surface area (Å²) >= 11 is 0. The molecule has 6 rings (SSSR count). The van der Waals surface area contributed by atoms with Gasteiger partial charge in [-0.1, -0.05) is 54.6 Å². The maximum Gasteiger partial charge on any atom is 0.294 e. The molecule has 0 saturated carbocycles. The van der Waals surface area contributed by atoms with E-state index in [1.54, 1.807) is 49.4 Å². The number of benzene rings is 4. The fraction of sp³-hybridized carbons (Fsp3) is 0.125. The van der Waals surface area contributed by atoms with E-state index in [1.165, 1.54) is 18.1 Å². The van der Waals surface area contributed by atoms with Crippen LogP contribution in [0, 0.1) is 0 Å². The third-order valence-electron chi connectivity index (χ3n) is 7.03. The highest BCUT2D eigenvalue weighted by Gasteiger charge is 2.46. The minimum Gasteiger partial charge on any atom is -0.504 e. The van der Waals surface area contributed by atoms with E-state index in [9.17, 15) is 19.8 Å². The van der Waals surface area contributed by atoms with E-state index in [1.807, 2.05) is 36.4 Å². The lowest BCUT2D eigenvalue weighted by atomic mass is 9.94. The number of ether oxygens (including phenoxy) is 2. The van der Waals surface area contributed by atoms with Crippen molar-refractivity contribution < 1.29 is 33.7 Å². The van der Waals surface area contributed by atoms with Crippen molar-refractivity contribution in [2.45, 2.75) is 13.0 Å². The zero-order valence-electron chi connectivity index (χ0n) is 21.8. The molecule has 2 N–H and O–H groups in total. The molecule has 0 spiro atoms. The van der Waals surface area contributed by atoms with Crippen molar-refractivity contribution in [3.8, 4) is 17.2 Å². The van der Waals surface area contributed by atoms with Crippen LogP contribution < -0.4 is 14.4 Å². The van der Waals surface area contributed by atoms with E-state index < -0.39 is 23.5 Å². The Bertz CT molecular complexity index is 1830. The average molecular weight is 536 g/mol. The monoisotopic (exact) mass is 535 g/mol. The van der Waals surface area contributed by atoms with E-state index in [-0.39, 0.29) is 22.8 Å². The molecular formula is C32H25NO7. The third-order valence-corrected chi connectivity index (χ3v) is 7.03. The van der Waals surface area contributed by atoms with Gasteiger partial charge in [-0.2, -0.15) is 0 Å². The number of methoxy groups -OCH3 is 1. The smallest absolute Gasteiger partial charge is 0.294 e. The van der Waals surface area contributed by atoms with Gasteiger partial charge in [-0.05, 0) is 48.2 Å². The quantitative estimate of drug-likeness (QED) is 0.230. The summed E-state index contributed by atoms with van der Waals surface area (Å²) in [7, 11) is 1.50. The molecule has 5 aromatic rings. The van der Waals surface area contributed by atoms with Gasteiger partial charge in [-0.25, -0.2) is 0 Å². The molecule has 0 aliphatic carbocycles. The van der Waals surface area contributed by atoms with Crippen LogP contribution in [0.1, 0.15) is 29.1 Å². The number of phenolic OH excluding ortho intramolecular Hbond substituents is 1. The van der Waals surface area contributed by atoms with Gasteiger partial charge < -0.3 is 24.1 Å². The fourth-order valence-corrected chi connectivity index (χ4v) is 5.23. The lowest BCUT2D eigenvalue weighted by Gasteiger charge is -2.28. The number of carbonyl (C=O) groups excluding carboxylic acids is 2. The van der Waals surface area contributed by atoms with Crippen LogP contribution in [0.2, 0.25) is 0 Å². The van der Waals surface area contributed by atoms with Crippen molar-refractivity contribution in [3.05, 3.63) is 108 Å². The maximum absolute atomic E-state index is 14.1. The number of aliphatic hydroxyl groups excluding tert-OH is 1. The number of fused-ring (bicyclic) bond motifs is 2. The number of furan rings is 1. The number of para-hydroxylation sites is 1. The summed E-state index contributed by atoms with van der Waals surface area (Å²) in [6.07, 6.45) is 0. The van der Waals surface area contributed by atoms with Gasteiger partial charge in [0, 0.05) is 10.8 Å². The molecule has 1 aromatic heterocycles. The second-order valence-electron chi connectivity index (χ2n) is 9.32. The van der Waals surface area contributed by atoms with Gasteiger partial charge in [-0.15, -0.1) is 0 Å². The van der Waals surface area contributed by atoms with Crippen LogP contribution in [0.15, 0.2) is 101 Å². The number of amides is 1. The van der Waals surface area contributed by atoms with E-state index in [0.717, 1.165) is 10.8 Å². The van der Waals surface area contributed by atoms with Crippen LogP contribution in [0.3, 0.4) is 0 Å². The zero-order valence-corrected chi connectivity index (χ0v) is 21.8. The summed E-state index contributed by atoms with van der Waals surface area (Å²) in [6, 6.07) is 23.4. The second kappa shape index (κ2) is 9.81. The Hall–Kier alpha value is -5.24. The number of ketones is 1.